The van der Waals surface area contributed by atoms with Gasteiger partial charge in [0.1, 0.15) is 0 Å². The van der Waals surface area contributed by atoms with Crippen molar-refractivity contribution in [2.45, 2.75) is 0 Å². The highest BCUT2D eigenvalue weighted by Crippen LogP contribution is 1.91. The highest BCUT2D eigenvalue weighted by molar-refractivity contribution is 6.70. The first-order valence-corrected chi connectivity index (χ1v) is 8.15. The topological polar surface area (TPSA) is 89.0 Å². The number of nitrogens with two attached hydrogens (primary N) is 2. The average Bonchev–Trinajstić information content (AvgIpc) is 1.81. The molecule has 0 radical (unpaired) electrons. The van der Waals surface area contributed by atoms with Crippen molar-refractivity contribution in [2.75, 3.05) is 0 Å². The fourth-order valence-corrected chi connectivity index (χ4v) is 7.24. The van der Waals surface area contributed by atoms with Gasteiger partial charge in [-0.05, 0) is 0 Å². The van der Waals surface area contributed by atoms with Gasteiger partial charge in [0.2, 0.25) is 0 Å². The lowest BCUT2D eigenvalue weighted by Gasteiger charge is -2.23. The lowest BCUT2D eigenvalue weighted by Crippen LogP contribution is -2.63. The summed E-state index contributed by atoms with van der Waals surface area (Å²) >= 11 is 0. The third kappa shape index (κ3) is 3.15. The fraction of sp³-hybridized carbons (Fsp3) is 0. The highest BCUT2D eigenvalue weighted by atomic mass is 28.5. The van der Waals surface area contributed by atoms with E-state index in [0.29, 0.717) is 0 Å². The molecule has 0 amide bonds. The third-order valence-corrected chi connectivity index (χ3v) is 8.12. The molecule has 0 saturated carbocycles. The third-order valence-electron chi connectivity index (χ3n) is 0.902. The molecule has 1 rings (SSSR count). The smallest absolute Gasteiger partial charge is 0.425 e. The maximum absolute atomic E-state index is 5.44. The first-order valence-electron chi connectivity index (χ1n) is 2.72. The van der Waals surface area contributed by atoms with E-state index in [4.69, 9.17) is 27.3 Å². The van der Waals surface area contributed by atoms with Gasteiger partial charge in [-0.3, -0.25) is 10.8 Å². The van der Waals surface area contributed by atoms with Crippen molar-refractivity contribution in [1.82, 2.24) is 0 Å². The van der Waals surface area contributed by atoms with Crippen molar-refractivity contribution in [3.05, 3.63) is 0 Å². The van der Waals surface area contributed by atoms with E-state index < -0.39 is 38.9 Å². The van der Waals surface area contributed by atoms with Crippen LogP contribution in [0.1, 0.15) is 0 Å². The zero-order valence-electron chi connectivity index (χ0n) is 5.41. The Morgan fingerprint density at radius 2 is 1.40 bits per heavy atom. The van der Waals surface area contributed by atoms with Crippen LogP contribution < -0.4 is 10.8 Å². The Labute approximate surface area is 66.8 Å². The molecule has 4 N–H and O–H groups in total. The standard InChI is InChI=1S/H10N2O4Si4/c1-10(2)5-8-3-7-4-9-6-10/h1-2,7-9H2. The van der Waals surface area contributed by atoms with Crippen LogP contribution in [-0.2, 0) is 16.5 Å². The van der Waals surface area contributed by atoms with Crippen LogP contribution in [0, 0.1) is 0 Å². The van der Waals surface area contributed by atoms with Crippen LogP contribution in [0.25, 0.3) is 0 Å². The molecule has 10 heteroatoms. The molecule has 1 heterocycles. The molecule has 60 valence electrons. The first-order chi connectivity index (χ1) is 4.71. The molecular formula is H10N2O4Si4. The summed E-state index contributed by atoms with van der Waals surface area (Å²) in [6, 6.07) is 0. The van der Waals surface area contributed by atoms with Crippen LogP contribution >= 0.6 is 0 Å². The molecule has 0 aromatic rings. The molecule has 0 bridgehead atoms. The lowest BCUT2D eigenvalue weighted by atomic mass is 13.9. The van der Waals surface area contributed by atoms with E-state index in [1.54, 1.807) is 0 Å². The van der Waals surface area contributed by atoms with E-state index in [2.05, 4.69) is 0 Å². The normalized spacial score (nSPS) is 34.2. The molecule has 1 fully saturated rings. The Balaban J connectivity index is 2.30. The quantitative estimate of drug-likeness (QED) is 0.395. The van der Waals surface area contributed by atoms with E-state index in [-0.39, 0.29) is 0 Å². The van der Waals surface area contributed by atoms with Gasteiger partial charge < -0.3 is 16.5 Å². The van der Waals surface area contributed by atoms with Gasteiger partial charge in [-0.25, -0.2) is 0 Å². The minimum Gasteiger partial charge on any atom is -0.425 e. The van der Waals surface area contributed by atoms with Gasteiger partial charge in [-0.1, -0.05) is 0 Å². The van der Waals surface area contributed by atoms with Crippen molar-refractivity contribution in [2.24, 2.45) is 10.8 Å². The van der Waals surface area contributed by atoms with Gasteiger partial charge in [-0.2, -0.15) is 0 Å². The second kappa shape index (κ2) is 3.86. The highest BCUT2D eigenvalue weighted by Gasteiger charge is 2.29. The second-order valence-corrected chi connectivity index (χ2v) is 9.50. The zero-order chi connectivity index (χ0) is 7.45. The SMILES string of the molecule is N[Si]1(N)O[SiH2]O[SiH2]O[SiH2]O1. The van der Waals surface area contributed by atoms with Gasteiger partial charge >= 0.3 is 8.88 Å². The predicted molar refractivity (Wildman–Crippen MR) is 44.1 cm³/mol. The summed E-state index contributed by atoms with van der Waals surface area (Å²) < 4.78 is 20.2. The van der Waals surface area contributed by atoms with Crippen molar-refractivity contribution >= 4 is 38.9 Å². The number of hydrogen-bond donors (Lipinski definition) is 2. The fourth-order valence-electron chi connectivity index (χ4n) is 0.436. The largest absolute Gasteiger partial charge is 0.492 e. The van der Waals surface area contributed by atoms with E-state index in [1.807, 2.05) is 0 Å². The van der Waals surface area contributed by atoms with Crippen LogP contribution in [0.2, 0.25) is 0 Å². The maximum atomic E-state index is 5.44. The zero-order valence-corrected chi connectivity index (χ0v) is 10.7. The van der Waals surface area contributed by atoms with Crippen molar-refractivity contribution < 1.29 is 16.5 Å². The second-order valence-electron chi connectivity index (χ2n) is 1.77. The van der Waals surface area contributed by atoms with Gasteiger partial charge in [0, 0.05) is 0 Å². The molecule has 0 aromatic carbocycles. The number of hydrogen-bond acceptors (Lipinski definition) is 6. The summed E-state index contributed by atoms with van der Waals surface area (Å²) in [6.07, 6.45) is 0. The first kappa shape index (κ1) is 8.72. The molecule has 0 unspecified atom stereocenters. The van der Waals surface area contributed by atoms with Crippen LogP contribution in [-0.4, -0.2) is 38.9 Å². The molecule has 1 saturated heterocycles. The van der Waals surface area contributed by atoms with Gasteiger partial charge in [0.05, 0.1) is 0 Å². The predicted octanol–water partition coefficient (Wildman–Crippen LogP) is -4.58. The lowest BCUT2D eigenvalue weighted by molar-refractivity contribution is 0.306. The van der Waals surface area contributed by atoms with Crippen molar-refractivity contribution in [3.63, 3.8) is 0 Å². The molecule has 6 nitrogen and oxygen atoms in total. The molecular weight excluding hydrogens is 204 g/mol. The molecule has 0 aliphatic carbocycles. The Morgan fingerprint density at radius 3 is 1.90 bits per heavy atom. The van der Waals surface area contributed by atoms with E-state index in [9.17, 15) is 0 Å². The van der Waals surface area contributed by atoms with Crippen LogP contribution in [0.15, 0.2) is 0 Å². The van der Waals surface area contributed by atoms with Crippen molar-refractivity contribution in [1.29, 1.82) is 0 Å². The number of rotatable bonds is 0. The molecule has 1 aliphatic rings. The Morgan fingerprint density at radius 1 is 0.900 bits per heavy atom. The van der Waals surface area contributed by atoms with Crippen LogP contribution in [0.4, 0.5) is 0 Å². The Hall–Kier alpha value is 0.628. The van der Waals surface area contributed by atoms with Crippen molar-refractivity contribution in [3.8, 4) is 0 Å². The minimum absolute atomic E-state index is 0.813. The molecule has 10 heavy (non-hydrogen) atoms. The minimum atomic E-state index is -2.78. The summed E-state index contributed by atoms with van der Waals surface area (Å²) in [5.74, 6) is 0. The molecule has 0 aromatic heterocycles. The van der Waals surface area contributed by atoms with Gasteiger partial charge in [-0.15, -0.1) is 0 Å². The van der Waals surface area contributed by atoms with E-state index >= 15 is 0 Å². The Bertz CT molecular complexity index is 97.4. The Kier molecular flexibility index (Phi) is 3.37. The summed E-state index contributed by atoms with van der Waals surface area (Å²) in [5.41, 5.74) is 0. The monoisotopic (exact) mass is 214 g/mol. The summed E-state index contributed by atoms with van der Waals surface area (Å²) in [6.45, 7) is 0. The van der Waals surface area contributed by atoms with E-state index in [0.717, 1.165) is 0 Å². The van der Waals surface area contributed by atoms with Gasteiger partial charge in [0.25, 0.3) is 30.0 Å². The summed E-state index contributed by atoms with van der Waals surface area (Å²) in [5, 5.41) is 10.9. The molecule has 0 spiro atoms. The molecule has 0 atom stereocenters. The summed E-state index contributed by atoms with van der Waals surface area (Å²) in [7, 11) is -5.60. The maximum Gasteiger partial charge on any atom is 0.492 e. The average molecular weight is 214 g/mol. The summed E-state index contributed by atoms with van der Waals surface area (Å²) in [4.78, 5) is 0. The van der Waals surface area contributed by atoms with E-state index in [1.165, 1.54) is 0 Å². The van der Waals surface area contributed by atoms with Gasteiger partial charge in [0.15, 0.2) is 0 Å². The molecule has 1 aliphatic heterocycles. The van der Waals surface area contributed by atoms with Crippen LogP contribution in [0.3, 0.4) is 0 Å². The van der Waals surface area contributed by atoms with Crippen LogP contribution in [0.5, 0.6) is 0 Å².